The van der Waals surface area contributed by atoms with Crippen molar-refractivity contribution in [3.8, 4) is 0 Å². The van der Waals surface area contributed by atoms with Crippen LogP contribution in [0.3, 0.4) is 0 Å². The average molecular weight is 376 g/mol. The van der Waals surface area contributed by atoms with Gasteiger partial charge in [-0.05, 0) is 12.1 Å². The number of fused-ring (bicyclic) bond motifs is 1. The lowest BCUT2D eigenvalue weighted by Gasteiger charge is -2.12. The molecule has 26 heavy (non-hydrogen) atoms. The van der Waals surface area contributed by atoms with Crippen LogP contribution in [0.5, 0.6) is 0 Å². The van der Waals surface area contributed by atoms with E-state index in [1.807, 2.05) is 0 Å². The van der Waals surface area contributed by atoms with Crippen molar-refractivity contribution in [1.29, 1.82) is 0 Å². The van der Waals surface area contributed by atoms with Crippen LogP contribution in [0.4, 0.5) is 4.79 Å². The van der Waals surface area contributed by atoms with Crippen LogP contribution in [0.2, 0.25) is 0 Å². The Bertz CT molecular complexity index is 865. The summed E-state index contributed by atoms with van der Waals surface area (Å²) in [5.41, 5.74) is 0.358. The summed E-state index contributed by atoms with van der Waals surface area (Å²) in [6, 6.07) is 6.41. The van der Waals surface area contributed by atoms with Gasteiger partial charge in [-0.2, -0.15) is 0 Å². The number of imide groups is 1. The highest BCUT2D eigenvalue weighted by atomic mass is 32.2. The van der Waals surface area contributed by atoms with Gasteiger partial charge in [-0.1, -0.05) is 30.0 Å². The number of methoxy groups -OCH3 is 1. The molecule has 0 aliphatic carbocycles. The molecule has 0 radical (unpaired) electrons. The Morgan fingerprint density at radius 2 is 2.15 bits per heavy atom. The Labute approximate surface area is 154 Å². The Kier molecular flexibility index (Phi) is 7.37. The van der Waals surface area contributed by atoms with Crippen LogP contribution in [-0.2, 0) is 16.1 Å². The lowest BCUT2D eigenvalue weighted by molar-refractivity contribution is -0.117. The molecule has 2 rings (SSSR count). The highest BCUT2D eigenvalue weighted by molar-refractivity contribution is 7.99. The van der Waals surface area contributed by atoms with Gasteiger partial charge in [-0.15, -0.1) is 6.58 Å². The molecule has 2 aromatic rings. The Hall–Kier alpha value is -2.65. The number of aromatic nitrogens is 2. The Balaban J connectivity index is 2.16. The average Bonchev–Trinajstić information content (AvgIpc) is 2.64. The van der Waals surface area contributed by atoms with Crippen molar-refractivity contribution in [2.24, 2.45) is 0 Å². The summed E-state index contributed by atoms with van der Waals surface area (Å²) >= 11 is 1.08. The molecule has 0 aliphatic heterocycles. The maximum Gasteiger partial charge on any atom is 0.321 e. The highest BCUT2D eigenvalue weighted by Gasteiger charge is 2.14. The van der Waals surface area contributed by atoms with E-state index in [1.165, 1.54) is 10.6 Å². The lowest BCUT2D eigenvalue weighted by atomic mass is 10.2. The number of para-hydroxylation sites is 1. The fraction of sp³-hybridized carbons (Fsp3) is 0.294. The van der Waals surface area contributed by atoms with Crippen molar-refractivity contribution in [3.05, 3.63) is 47.3 Å². The van der Waals surface area contributed by atoms with Crippen LogP contribution >= 0.6 is 11.8 Å². The molecule has 3 amide bonds. The third-order valence-corrected chi connectivity index (χ3v) is 4.31. The molecule has 0 unspecified atom stereocenters. The van der Waals surface area contributed by atoms with E-state index in [1.54, 1.807) is 31.4 Å². The summed E-state index contributed by atoms with van der Waals surface area (Å²) < 4.78 is 6.52. The van der Waals surface area contributed by atoms with Gasteiger partial charge in [0.25, 0.3) is 5.56 Å². The maximum absolute atomic E-state index is 12.7. The predicted octanol–water partition coefficient (Wildman–Crippen LogP) is 1.15. The van der Waals surface area contributed by atoms with Crippen LogP contribution in [0.1, 0.15) is 0 Å². The van der Waals surface area contributed by atoms with Gasteiger partial charge in [-0.25, -0.2) is 9.78 Å². The number of carbonyl (C=O) groups is 2. The van der Waals surface area contributed by atoms with E-state index in [-0.39, 0.29) is 17.9 Å². The van der Waals surface area contributed by atoms with Crippen LogP contribution < -0.4 is 16.2 Å². The first kappa shape index (κ1) is 19.7. The van der Waals surface area contributed by atoms with Crippen molar-refractivity contribution >= 4 is 34.6 Å². The van der Waals surface area contributed by atoms with Gasteiger partial charge in [-0.3, -0.25) is 19.5 Å². The fourth-order valence-corrected chi connectivity index (χ4v) is 2.96. The van der Waals surface area contributed by atoms with E-state index in [0.29, 0.717) is 29.2 Å². The molecule has 0 atom stereocenters. The fourth-order valence-electron chi connectivity index (χ4n) is 2.14. The SMILES string of the molecule is C=CCNC(=O)NC(=O)CSc1nc2ccccc2c(=O)n1CCOC. The summed E-state index contributed by atoms with van der Waals surface area (Å²) in [4.78, 5) is 40.5. The number of nitrogens with one attached hydrogen (secondary N) is 2. The quantitative estimate of drug-likeness (QED) is 0.407. The van der Waals surface area contributed by atoms with Crippen molar-refractivity contribution in [1.82, 2.24) is 20.2 Å². The minimum Gasteiger partial charge on any atom is -0.383 e. The Morgan fingerprint density at radius 3 is 2.88 bits per heavy atom. The van der Waals surface area contributed by atoms with Gasteiger partial charge in [0.15, 0.2) is 5.16 Å². The van der Waals surface area contributed by atoms with Crippen molar-refractivity contribution in [2.45, 2.75) is 11.7 Å². The minimum atomic E-state index is -0.598. The van der Waals surface area contributed by atoms with Gasteiger partial charge >= 0.3 is 6.03 Å². The molecule has 0 spiro atoms. The summed E-state index contributed by atoms with van der Waals surface area (Å²) in [6.07, 6.45) is 1.51. The molecule has 9 heteroatoms. The molecule has 2 N–H and O–H groups in total. The topological polar surface area (TPSA) is 102 Å². The van der Waals surface area contributed by atoms with Crippen LogP contribution in [0.25, 0.3) is 10.9 Å². The van der Waals surface area contributed by atoms with Gasteiger partial charge in [0.05, 0.1) is 29.8 Å². The zero-order valence-electron chi connectivity index (χ0n) is 14.4. The summed E-state index contributed by atoms with van der Waals surface area (Å²) in [7, 11) is 1.54. The van der Waals surface area contributed by atoms with Gasteiger partial charge in [0, 0.05) is 13.7 Å². The smallest absolute Gasteiger partial charge is 0.321 e. The van der Waals surface area contributed by atoms with Gasteiger partial charge < -0.3 is 10.1 Å². The molecular formula is C17H20N4O4S. The summed E-state index contributed by atoms with van der Waals surface area (Å²) in [5.74, 6) is -0.545. The van der Waals surface area contributed by atoms with E-state index in [4.69, 9.17) is 4.74 Å². The van der Waals surface area contributed by atoms with Crippen LogP contribution in [0, 0.1) is 0 Å². The first-order valence-corrected chi connectivity index (χ1v) is 8.85. The van der Waals surface area contributed by atoms with Crippen molar-refractivity contribution < 1.29 is 14.3 Å². The zero-order chi connectivity index (χ0) is 18.9. The molecule has 0 saturated heterocycles. The molecule has 8 nitrogen and oxygen atoms in total. The summed E-state index contributed by atoms with van der Waals surface area (Å²) in [6.45, 7) is 4.38. The number of nitrogens with zero attached hydrogens (tertiary/aromatic N) is 2. The van der Waals surface area contributed by atoms with Crippen LogP contribution in [-0.4, -0.2) is 47.5 Å². The molecule has 138 valence electrons. The van der Waals surface area contributed by atoms with Crippen molar-refractivity contribution in [2.75, 3.05) is 26.0 Å². The third kappa shape index (κ3) is 5.17. The molecule has 0 bridgehead atoms. The molecule has 0 saturated carbocycles. The first-order chi connectivity index (χ1) is 12.6. The van der Waals surface area contributed by atoms with E-state index >= 15 is 0 Å². The summed E-state index contributed by atoms with van der Waals surface area (Å²) in [5, 5.41) is 5.55. The number of urea groups is 1. The van der Waals surface area contributed by atoms with E-state index in [9.17, 15) is 14.4 Å². The minimum absolute atomic E-state index is 0.0563. The molecule has 1 aromatic heterocycles. The second kappa shape index (κ2) is 9.73. The third-order valence-electron chi connectivity index (χ3n) is 3.34. The van der Waals surface area contributed by atoms with Crippen molar-refractivity contribution in [3.63, 3.8) is 0 Å². The largest absolute Gasteiger partial charge is 0.383 e. The zero-order valence-corrected chi connectivity index (χ0v) is 15.2. The molecule has 1 aromatic carbocycles. The number of ether oxygens (including phenoxy) is 1. The molecule has 1 heterocycles. The number of hydrogen-bond donors (Lipinski definition) is 2. The van der Waals surface area contributed by atoms with E-state index < -0.39 is 11.9 Å². The molecular weight excluding hydrogens is 356 g/mol. The maximum atomic E-state index is 12.7. The van der Waals surface area contributed by atoms with Gasteiger partial charge in [0.1, 0.15) is 0 Å². The number of benzene rings is 1. The first-order valence-electron chi connectivity index (χ1n) is 7.86. The van der Waals surface area contributed by atoms with E-state index in [0.717, 1.165) is 11.8 Å². The second-order valence-electron chi connectivity index (χ2n) is 5.20. The molecule has 0 aliphatic rings. The standard InChI is InChI=1S/C17H20N4O4S/c1-3-8-18-16(24)20-14(22)11-26-17-19-13-7-5-4-6-12(13)15(23)21(17)9-10-25-2/h3-7H,1,8-11H2,2H3,(H2,18,20,22,24). The lowest BCUT2D eigenvalue weighted by Crippen LogP contribution is -2.40. The molecule has 0 fully saturated rings. The van der Waals surface area contributed by atoms with Crippen LogP contribution in [0.15, 0.2) is 46.9 Å². The highest BCUT2D eigenvalue weighted by Crippen LogP contribution is 2.17. The number of amides is 3. The number of thioether (sulfide) groups is 1. The number of rotatable bonds is 8. The number of hydrogen-bond acceptors (Lipinski definition) is 6. The van der Waals surface area contributed by atoms with E-state index in [2.05, 4.69) is 22.2 Å². The normalized spacial score (nSPS) is 10.5. The number of carbonyl (C=O) groups excluding carboxylic acids is 2. The second-order valence-corrected chi connectivity index (χ2v) is 6.14. The Morgan fingerprint density at radius 1 is 1.38 bits per heavy atom. The predicted molar refractivity (Wildman–Crippen MR) is 100 cm³/mol. The monoisotopic (exact) mass is 376 g/mol. The van der Waals surface area contributed by atoms with Gasteiger partial charge in [0.2, 0.25) is 5.91 Å².